The van der Waals surface area contributed by atoms with E-state index in [0.717, 1.165) is 140 Å². The van der Waals surface area contributed by atoms with E-state index < -0.39 is 0 Å². The van der Waals surface area contributed by atoms with Crippen LogP contribution in [0.5, 0.6) is 0 Å². The largest absolute Gasteiger partial charge is 0.350 e. The fourth-order valence-electron chi connectivity index (χ4n) is 14.3. The van der Waals surface area contributed by atoms with Crippen molar-refractivity contribution < 1.29 is 33.2 Å². The Bertz CT molecular complexity index is 3510. The van der Waals surface area contributed by atoms with Gasteiger partial charge in [0.25, 0.3) is 17.7 Å². The molecule has 4 fully saturated rings. The number of nitrogens with two attached hydrogens (primary N) is 2. The summed E-state index contributed by atoms with van der Waals surface area (Å²) >= 11 is 9.53. The molecular formula is C80H113BrClFN12O6. The molecule has 4 saturated heterocycles. The number of hydrogen-bond donors (Lipinski definition) is 8. The van der Waals surface area contributed by atoms with Gasteiger partial charge in [-0.3, -0.25) is 28.8 Å². The SMILES string of the molecule is CCC(CC)CN1CC[C@@H](CNC(=O)c2ccc3cc(Br)ccc3c2)N[C@@H](CCN)C1=O.CCC(CC)CN1CC[C@@H](CNC(=O)c2ccc3cc(Cl)ccc3c2)N[C@@H](CCN)C1=O.CCC(CC)CN1CC[C@@H](CNC(=O)c2ccc3cc(F)ccc3c2)N[C@@H](CCN2CCCCC2)C1=O. The van der Waals surface area contributed by atoms with Gasteiger partial charge < -0.3 is 63.0 Å². The summed E-state index contributed by atoms with van der Waals surface area (Å²) in [4.78, 5) is 86.8. The molecule has 101 heavy (non-hydrogen) atoms. The first kappa shape index (κ1) is 80.1. The van der Waals surface area contributed by atoms with Crippen molar-refractivity contribution >= 4 is 95.3 Å². The van der Waals surface area contributed by atoms with Gasteiger partial charge in [-0.2, -0.15) is 0 Å². The molecule has 4 aliphatic heterocycles. The third-order valence-corrected chi connectivity index (χ3v) is 21.8. The van der Waals surface area contributed by atoms with Gasteiger partial charge in [-0.05, 0) is 200 Å². The second-order valence-electron chi connectivity index (χ2n) is 28.1. The topological polar surface area (TPSA) is 240 Å². The molecule has 6 amide bonds. The Kier molecular flexibility index (Phi) is 32.5. The molecule has 0 spiro atoms. The summed E-state index contributed by atoms with van der Waals surface area (Å²) in [6.07, 6.45) is 14.6. The van der Waals surface area contributed by atoms with E-state index in [4.69, 9.17) is 23.1 Å². The van der Waals surface area contributed by atoms with Crippen LogP contribution < -0.4 is 43.4 Å². The Labute approximate surface area is 612 Å². The smallest absolute Gasteiger partial charge is 0.251 e. The molecule has 0 bridgehead atoms. The van der Waals surface area contributed by atoms with Crippen LogP contribution in [0.15, 0.2) is 114 Å². The monoisotopic (exact) mass is 1470 g/mol. The van der Waals surface area contributed by atoms with Gasteiger partial charge in [-0.15, -0.1) is 0 Å². The van der Waals surface area contributed by atoms with E-state index in [-0.39, 0.29) is 77.5 Å². The van der Waals surface area contributed by atoms with Crippen LogP contribution >= 0.6 is 27.5 Å². The average Bonchev–Trinajstić information content (AvgIpc) is 1.69. The first-order valence-electron chi connectivity index (χ1n) is 37.6. The van der Waals surface area contributed by atoms with Crippen molar-refractivity contribution in [3.05, 3.63) is 141 Å². The van der Waals surface area contributed by atoms with Gasteiger partial charge in [0.05, 0.1) is 18.1 Å². The number of likely N-dealkylation sites (tertiary alicyclic amines) is 1. The molecule has 0 aliphatic carbocycles. The molecule has 0 saturated carbocycles. The maximum Gasteiger partial charge on any atom is 0.251 e. The molecule has 18 nitrogen and oxygen atoms in total. The number of rotatable bonds is 28. The minimum absolute atomic E-state index is 0.0189. The maximum absolute atomic E-state index is 13.6. The van der Waals surface area contributed by atoms with Crippen LogP contribution in [-0.4, -0.2) is 183 Å². The second-order valence-corrected chi connectivity index (χ2v) is 29.5. The molecule has 0 aromatic heterocycles. The van der Waals surface area contributed by atoms with Crippen LogP contribution in [0.2, 0.25) is 5.02 Å². The number of piperidine rings is 1. The summed E-state index contributed by atoms with van der Waals surface area (Å²) in [6, 6.07) is 32.1. The number of fused-ring (bicyclic) bond motifs is 3. The molecular weight excluding hydrogens is 1360 g/mol. The van der Waals surface area contributed by atoms with Crippen molar-refractivity contribution in [2.24, 2.45) is 29.2 Å². The van der Waals surface area contributed by atoms with E-state index in [1.165, 1.54) is 31.4 Å². The Hall–Kier alpha value is -6.62. The van der Waals surface area contributed by atoms with Crippen molar-refractivity contribution in [2.75, 3.05) is 91.6 Å². The van der Waals surface area contributed by atoms with Gasteiger partial charge >= 0.3 is 0 Å². The lowest BCUT2D eigenvalue weighted by Gasteiger charge is -2.30. The van der Waals surface area contributed by atoms with Crippen LogP contribution in [0.4, 0.5) is 4.39 Å². The zero-order valence-corrected chi connectivity index (χ0v) is 63.0. The fourth-order valence-corrected chi connectivity index (χ4v) is 14.9. The summed E-state index contributed by atoms with van der Waals surface area (Å²) in [5.74, 6) is 1.36. The highest BCUT2D eigenvalue weighted by atomic mass is 79.9. The average molecular weight is 1470 g/mol. The predicted molar refractivity (Wildman–Crippen MR) is 412 cm³/mol. The minimum atomic E-state index is -0.302. The minimum Gasteiger partial charge on any atom is -0.350 e. The lowest BCUT2D eigenvalue weighted by molar-refractivity contribution is -0.134. The van der Waals surface area contributed by atoms with Gasteiger partial charge in [0.15, 0.2) is 0 Å². The highest BCUT2D eigenvalue weighted by molar-refractivity contribution is 9.10. The van der Waals surface area contributed by atoms with E-state index in [2.05, 4.69) is 99.2 Å². The number of carbonyl (C=O) groups excluding carboxylic acids is 6. The van der Waals surface area contributed by atoms with Crippen LogP contribution in [0.25, 0.3) is 32.3 Å². The lowest BCUT2D eigenvalue weighted by atomic mass is 10.0. The highest BCUT2D eigenvalue weighted by Crippen LogP contribution is 2.26. The van der Waals surface area contributed by atoms with E-state index >= 15 is 0 Å². The number of hydrogen-bond acceptors (Lipinski definition) is 12. The summed E-state index contributed by atoms with van der Waals surface area (Å²) in [5.41, 5.74) is 13.4. The number of nitrogens with zero attached hydrogens (tertiary/aromatic N) is 4. The van der Waals surface area contributed by atoms with Crippen LogP contribution in [-0.2, 0) is 14.4 Å². The lowest BCUT2D eigenvalue weighted by Crippen LogP contribution is -2.50. The Morgan fingerprint density at radius 2 is 0.822 bits per heavy atom. The van der Waals surface area contributed by atoms with E-state index in [1.807, 2.05) is 82.6 Å². The number of halogens is 3. The number of nitrogens with one attached hydrogen (secondary N) is 6. The number of benzene rings is 6. The Morgan fingerprint density at radius 1 is 0.475 bits per heavy atom. The standard InChI is InChI=1S/C30H43FN4O2.C25H35BrN4O2.C25H35ClN4O2/c1-3-22(4-2)21-35-17-12-27(33-28(30(35)37)13-16-34-14-6-5-7-15-34)20-32-29(36)25-9-8-24-19-26(31)11-10-23(24)18-25;2*1-3-17(4-2)16-30-12-10-22(29-23(9-11-27)25(30)32)15-28-24(31)20-6-5-19-14-21(26)8-7-18(19)13-20/h8-11,18-19,22,27-28,33H,3-7,12-17,20-21H2,1-2H3,(H,32,36);2*5-8,13-14,17,22-23,29H,3-4,9-12,15-16,27H2,1-2H3,(H,28,31)/t27-,28-;2*22-,23-/m000/s1. The van der Waals surface area contributed by atoms with Gasteiger partial charge in [0.2, 0.25) is 17.7 Å². The molecule has 10 rings (SSSR count). The molecule has 550 valence electrons. The normalized spacial score (nSPS) is 20.1. The van der Waals surface area contributed by atoms with Crippen molar-refractivity contribution in [3.8, 4) is 0 Å². The summed E-state index contributed by atoms with van der Waals surface area (Å²) in [5, 5.41) is 26.1. The first-order valence-corrected chi connectivity index (χ1v) is 38.7. The van der Waals surface area contributed by atoms with E-state index in [1.54, 1.807) is 24.3 Å². The molecule has 21 heteroatoms. The summed E-state index contributed by atoms with van der Waals surface area (Å²) in [7, 11) is 0. The Balaban J connectivity index is 0.000000193. The molecule has 4 aliphatic rings. The van der Waals surface area contributed by atoms with Gasteiger partial charge in [0.1, 0.15) is 5.82 Å². The molecule has 0 unspecified atom stereocenters. The molecule has 0 radical (unpaired) electrons. The molecule has 6 atom stereocenters. The Morgan fingerprint density at radius 3 is 1.22 bits per heavy atom. The van der Waals surface area contributed by atoms with Crippen LogP contribution in [0, 0.1) is 23.6 Å². The summed E-state index contributed by atoms with van der Waals surface area (Å²) in [6.45, 7) is 23.1. The third kappa shape index (κ3) is 24.0. The quantitative estimate of drug-likeness (QED) is 0.0229. The van der Waals surface area contributed by atoms with E-state index in [9.17, 15) is 33.2 Å². The second kappa shape index (κ2) is 41.0. The van der Waals surface area contributed by atoms with Crippen LogP contribution in [0.3, 0.4) is 0 Å². The van der Waals surface area contributed by atoms with Crippen molar-refractivity contribution in [2.45, 2.75) is 174 Å². The van der Waals surface area contributed by atoms with Gasteiger partial charge in [-0.25, -0.2) is 4.39 Å². The molecule has 6 aromatic carbocycles. The number of carbonyl (C=O) groups is 6. The zero-order chi connectivity index (χ0) is 72.4. The van der Waals surface area contributed by atoms with Gasteiger partial charge in [0, 0.05) is 110 Å². The zero-order valence-electron chi connectivity index (χ0n) is 60.6. The molecule has 10 N–H and O–H groups in total. The predicted octanol–water partition coefficient (Wildman–Crippen LogP) is 11.8. The van der Waals surface area contributed by atoms with Crippen molar-refractivity contribution in [3.63, 3.8) is 0 Å². The first-order chi connectivity index (χ1) is 48.8. The highest BCUT2D eigenvalue weighted by Gasteiger charge is 2.35. The summed E-state index contributed by atoms with van der Waals surface area (Å²) < 4.78 is 14.5. The van der Waals surface area contributed by atoms with Crippen LogP contribution in [0.1, 0.15) is 169 Å². The molecule has 4 heterocycles. The van der Waals surface area contributed by atoms with Crippen molar-refractivity contribution in [1.29, 1.82) is 0 Å². The number of amides is 6. The fraction of sp³-hybridized carbons (Fsp3) is 0.550. The third-order valence-electron chi connectivity index (χ3n) is 21.1. The van der Waals surface area contributed by atoms with Gasteiger partial charge in [-0.1, -0.05) is 150 Å². The van der Waals surface area contributed by atoms with E-state index in [0.29, 0.717) is 105 Å². The molecule has 6 aromatic rings. The van der Waals surface area contributed by atoms with Crippen molar-refractivity contribution in [1.82, 2.24) is 51.5 Å². The maximum atomic E-state index is 13.6.